The van der Waals surface area contributed by atoms with Gasteiger partial charge in [-0.05, 0) is 40.5 Å². The fourth-order valence-electron chi connectivity index (χ4n) is 3.12. The van der Waals surface area contributed by atoms with Crippen molar-refractivity contribution in [2.75, 3.05) is 25.0 Å². The van der Waals surface area contributed by atoms with E-state index in [2.05, 4.69) is 31.7 Å². The molecule has 0 unspecified atom stereocenters. The van der Waals surface area contributed by atoms with Crippen molar-refractivity contribution in [1.29, 1.82) is 0 Å². The van der Waals surface area contributed by atoms with E-state index in [1.807, 2.05) is 60.7 Å². The highest BCUT2D eigenvalue weighted by Crippen LogP contribution is 2.30. The fourth-order valence-corrected chi connectivity index (χ4v) is 3.70. The summed E-state index contributed by atoms with van der Waals surface area (Å²) in [6.45, 7) is 1.15. The molecule has 2 aromatic heterocycles. The second kappa shape index (κ2) is 10.5. The molecule has 0 fully saturated rings. The predicted molar refractivity (Wildman–Crippen MR) is 129 cm³/mol. The maximum absolute atomic E-state index is 12.0. The van der Waals surface area contributed by atoms with Gasteiger partial charge in [0.2, 0.25) is 0 Å². The van der Waals surface area contributed by atoms with E-state index >= 15 is 0 Å². The van der Waals surface area contributed by atoms with E-state index in [1.54, 1.807) is 10.7 Å². The zero-order chi connectivity index (χ0) is 22.3. The number of benzene rings is 2. The molecule has 0 radical (unpaired) electrons. The Bertz CT molecular complexity index is 1220. The van der Waals surface area contributed by atoms with E-state index in [1.165, 1.54) is 0 Å². The number of hydrogen-bond acceptors (Lipinski definition) is 5. The smallest absolute Gasteiger partial charge is 0.257 e. The highest BCUT2D eigenvalue weighted by atomic mass is 79.9. The van der Waals surface area contributed by atoms with Crippen LogP contribution in [-0.2, 0) is 4.79 Å². The number of ether oxygens (including phenoxy) is 1. The predicted octanol–water partition coefficient (Wildman–Crippen LogP) is 4.81. The van der Waals surface area contributed by atoms with E-state index < -0.39 is 0 Å². The van der Waals surface area contributed by atoms with Gasteiger partial charge in [0.15, 0.2) is 12.3 Å². The van der Waals surface area contributed by atoms with Crippen LogP contribution in [0.1, 0.15) is 6.42 Å². The van der Waals surface area contributed by atoms with Gasteiger partial charge in [-0.2, -0.15) is 9.61 Å². The van der Waals surface area contributed by atoms with Crippen molar-refractivity contribution in [3.05, 3.63) is 76.4 Å². The van der Waals surface area contributed by atoms with Gasteiger partial charge in [0, 0.05) is 29.7 Å². The number of carbonyl (C=O) groups excluding carboxylic acids is 1. The average Bonchev–Trinajstić information content (AvgIpc) is 3.19. The molecule has 2 heterocycles. The van der Waals surface area contributed by atoms with Crippen molar-refractivity contribution in [1.82, 2.24) is 19.9 Å². The molecule has 0 aliphatic carbocycles. The highest BCUT2D eigenvalue weighted by Gasteiger charge is 2.13. The van der Waals surface area contributed by atoms with Gasteiger partial charge in [-0.25, -0.2) is 4.98 Å². The van der Waals surface area contributed by atoms with Gasteiger partial charge in [0.1, 0.15) is 11.6 Å². The summed E-state index contributed by atoms with van der Waals surface area (Å²) in [7, 11) is 0. The minimum absolute atomic E-state index is 0.00900. The molecule has 4 rings (SSSR count). The maximum atomic E-state index is 12.0. The van der Waals surface area contributed by atoms with E-state index in [9.17, 15) is 4.79 Å². The number of halogens is 2. The molecular weight excluding hydrogens is 494 g/mol. The summed E-state index contributed by atoms with van der Waals surface area (Å²) in [5.74, 6) is 1.30. The second-order valence-corrected chi connectivity index (χ2v) is 8.23. The van der Waals surface area contributed by atoms with E-state index in [4.69, 9.17) is 21.3 Å². The molecule has 0 saturated carbocycles. The number of nitrogens with zero attached hydrogens (tertiary/aromatic N) is 3. The summed E-state index contributed by atoms with van der Waals surface area (Å²) in [4.78, 5) is 16.7. The van der Waals surface area contributed by atoms with Gasteiger partial charge in [0.05, 0.1) is 16.4 Å². The lowest BCUT2D eigenvalue weighted by molar-refractivity contribution is -0.123. The third-order valence-electron chi connectivity index (χ3n) is 4.67. The normalized spacial score (nSPS) is 10.8. The second-order valence-electron chi connectivity index (χ2n) is 6.97. The Morgan fingerprint density at radius 2 is 1.88 bits per heavy atom. The number of amides is 1. The van der Waals surface area contributed by atoms with Gasteiger partial charge >= 0.3 is 0 Å². The summed E-state index contributed by atoms with van der Waals surface area (Å²) < 4.78 is 7.97. The van der Waals surface area contributed by atoms with Crippen LogP contribution in [0.5, 0.6) is 5.75 Å². The van der Waals surface area contributed by atoms with Crippen molar-refractivity contribution >= 4 is 44.9 Å². The van der Waals surface area contributed by atoms with Crippen molar-refractivity contribution in [3.8, 4) is 17.0 Å². The van der Waals surface area contributed by atoms with E-state index in [0.717, 1.165) is 28.0 Å². The molecule has 164 valence electrons. The summed E-state index contributed by atoms with van der Waals surface area (Å²) >= 11 is 9.87. The molecule has 2 N–H and O–H groups in total. The number of hydrogen-bond donors (Lipinski definition) is 2. The van der Waals surface area contributed by atoms with Gasteiger partial charge in [-0.3, -0.25) is 4.79 Å². The van der Waals surface area contributed by atoms with Gasteiger partial charge in [-0.15, -0.1) is 0 Å². The number of fused-ring (bicyclic) bond motifs is 1. The number of para-hydroxylation sites is 1. The van der Waals surface area contributed by atoms with Crippen LogP contribution < -0.4 is 15.4 Å². The number of rotatable bonds is 9. The Balaban J connectivity index is 1.34. The average molecular weight is 515 g/mol. The molecule has 0 saturated heterocycles. The van der Waals surface area contributed by atoms with E-state index in [-0.39, 0.29) is 12.5 Å². The summed E-state index contributed by atoms with van der Waals surface area (Å²) in [6, 6.07) is 18.8. The Kier molecular flexibility index (Phi) is 7.24. The van der Waals surface area contributed by atoms with Crippen LogP contribution in [0.25, 0.3) is 16.9 Å². The third kappa shape index (κ3) is 5.38. The lowest BCUT2D eigenvalue weighted by Crippen LogP contribution is -2.30. The van der Waals surface area contributed by atoms with Gasteiger partial charge in [-0.1, -0.05) is 48.0 Å². The van der Waals surface area contributed by atoms with Crippen LogP contribution in [0.15, 0.2) is 71.3 Å². The van der Waals surface area contributed by atoms with Gasteiger partial charge < -0.3 is 15.4 Å². The first-order chi connectivity index (χ1) is 15.6. The zero-order valence-electron chi connectivity index (χ0n) is 17.1. The Morgan fingerprint density at radius 1 is 1.09 bits per heavy atom. The standard InChI is InChI=1S/C23H21BrClN5O2/c24-18-14-28-30-21(13-20(29-23(18)30)17-9-4-5-10-19(17)25)26-11-6-12-27-22(31)15-32-16-7-2-1-3-8-16/h1-5,7-10,13-14,26H,6,11-12,15H2,(H,27,31). The Morgan fingerprint density at radius 3 is 2.69 bits per heavy atom. The number of nitrogens with one attached hydrogen (secondary N) is 2. The van der Waals surface area contributed by atoms with Crippen molar-refractivity contribution < 1.29 is 9.53 Å². The van der Waals surface area contributed by atoms with Crippen LogP contribution in [0, 0.1) is 0 Å². The third-order valence-corrected chi connectivity index (χ3v) is 5.56. The molecule has 2 aromatic carbocycles. The molecule has 0 bridgehead atoms. The molecule has 0 aliphatic heterocycles. The summed E-state index contributed by atoms with van der Waals surface area (Å²) in [5, 5.41) is 11.2. The first-order valence-electron chi connectivity index (χ1n) is 10.1. The van der Waals surface area contributed by atoms with Crippen molar-refractivity contribution in [2.45, 2.75) is 6.42 Å². The van der Waals surface area contributed by atoms with Crippen LogP contribution in [0.3, 0.4) is 0 Å². The van der Waals surface area contributed by atoms with Gasteiger partial charge in [0.25, 0.3) is 5.91 Å². The highest BCUT2D eigenvalue weighted by molar-refractivity contribution is 9.10. The minimum atomic E-state index is -0.155. The van der Waals surface area contributed by atoms with Crippen LogP contribution >= 0.6 is 27.5 Å². The van der Waals surface area contributed by atoms with Crippen molar-refractivity contribution in [3.63, 3.8) is 0 Å². The lowest BCUT2D eigenvalue weighted by Gasteiger charge is -2.12. The topological polar surface area (TPSA) is 80.5 Å². The molecule has 0 aliphatic rings. The Labute approximate surface area is 198 Å². The van der Waals surface area contributed by atoms with Crippen LogP contribution in [-0.4, -0.2) is 40.2 Å². The van der Waals surface area contributed by atoms with Crippen LogP contribution in [0.4, 0.5) is 5.82 Å². The molecular formula is C23H21BrClN5O2. The number of aromatic nitrogens is 3. The molecule has 4 aromatic rings. The SMILES string of the molecule is O=C(COc1ccccc1)NCCCNc1cc(-c2ccccc2Cl)nc2c(Br)cnn12. The molecule has 9 heteroatoms. The van der Waals surface area contributed by atoms with Crippen molar-refractivity contribution in [2.24, 2.45) is 0 Å². The van der Waals surface area contributed by atoms with E-state index in [0.29, 0.717) is 29.5 Å². The summed E-state index contributed by atoms with van der Waals surface area (Å²) in [5.41, 5.74) is 2.29. The largest absolute Gasteiger partial charge is 0.484 e. The molecule has 32 heavy (non-hydrogen) atoms. The lowest BCUT2D eigenvalue weighted by atomic mass is 10.1. The first kappa shape index (κ1) is 22.1. The van der Waals surface area contributed by atoms with Crippen LogP contribution in [0.2, 0.25) is 5.02 Å². The fraction of sp³-hybridized carbons (Fsp3) is 0.174. The first-order valence-corrected chi connectivity index (χ1v) is 11.3. The molecule has 1 amide bonds. The molecule has 7 nitrogen and oxygen atoms in total. The zero-order valence-corrected chi connectivity index (χ0v) is 19.4. The monoisotopic (exact) mass is 513 g/mol. The quantitative estimate of drug-likeness (QED) is 0.313. The maximum Gasteiger partial charge on any atom is 0.257 e. The molecule has 0 spiro atoms. The Hall–Kier alpha value is -3.10. The minimum Gasteiger partial charge on any atom is -0.484 e. The molecule has 0 atom stereocenters. The number of anilines is 1. The summed E-state index contributed by atoms with van der Waals surface area (Å²) in [6.07, 6.45) is 2.43. The number of carbonyl (C=O) groups is 1.